The molecule has 0 radical (unpaired) electrons. The third-order valence-electron chi connectivity index (χ3n) is 4.78. The van der Waals surface area contributed by atoms with Crippen LogP contribution in [0.4, 0.5) is 19.0 Å². The summed E-state index contributed by atoms with van der Waals surface area (Å²) in [5, 5.41) is 11.0. The topological polar surface area (TPSA) is 118 Å². The van der Waals surface area contributed by atoms with Crippen LogP contribution in [0.25, 0.3) is 0 Å². The Bertz CT molecular complexity index is 1370. The Morgan fingerprint density at radius 2 is 1.95 bits per heavy atom. The second kappa shape index (κ2) is 12.4. The summed E-state index contributed by atoms with van der Waals surface area (Å²) in [5.41, 5.74) is -0.929. The maximum atomic E-state index is 13.0. The molecule has 3 aromatic heterocycles. The van der Waals surface area contributed by atoms with Gasteiger partial charge in [-0.2, -0.15) is 13.2 Å². The quantitative estimate of drug-likeness (QED) is 0.211. The Morgan fingerprint density at radius 3 is 2.65 bits per heavy atom. The lowest BCUT2D eigenvalue weighted by Crippen LogP contribution is -2.13. The summed E-state index contributed by atoms with van der Waals surface area (Å²) in [6.07, 6.45) is -0.562. The Hall–Kier alpha value is -3.11. The number of halogens is 5. The lowest BCUT2D eigenvalue weighted by atomic mass is 10.0. The van der Waals surface area contributed by atoms with Gasteiger partial charge < -0.3 is 10.4 Å². The van der Waals surface area contributed by atoms with Gasteiger partial charge in [0.1, 0.15) is 33.4 Å². The molecule has 0 aliphatic carbocycles. The van der Waals surface area contributed by atoms with Gasteiger partial charge in [-0.05, 0) is 18.4 Å². The number of anilines is 1. The van der Waals surface area contributed by atoms with E-state index in [1.807, 2.05) is 0 Å². The number of carbonyl (C=O) groups is 2. The van der Waals surface area contributed by atoms with Gasteiger partial charge in [-0.15, -0.1) is 11.3 Å². The molecule has 37 heavy (non-hydrogen) atoms. The number of rotatable bonds is 8. The minimum atomic E-state index is -4.71. The number of hydrogen-bond acceptors (Lipinski definition) is 8. The summed E-state index contributed by atoms with van der Waals surface area (Å²) in [6, 6.07) is 0.639. The number of alkyl halides is 3. The highest BCUT2D eigenvalue weighted by Crippen LogP contribution is 2.35. The van der Waals surface area contributed by atoms with Crippen LogP contribution in [0.1, 0.15) is 68.5 Å². The van der Waals surface area contributed by atoms with Gasteiger partial charge in [-0.3, -0.25) is 9.59 Å². The molecule has 1 amide bonds. The van der Waals surface area contributed by atoms with Crippen molar-refractivity contribution in [2.45, 2.75) is 38.3 Å². The fourth-order valence-corrected chi connectivity index (χ4v) is 4.27. The van der Waals surface area contributed by atoms with Crippen LogP contribution in [0.5, 0.6) is 0 Å². The lowest BCUT2D eigenvalue weighted by Gasteiger charge is -2.10. The second-order valence-electron chi connectivity index (χ2n) is 7.61. The van der Waals surface area contributed by atoms with E-state index in [0.29, 0.717) is 23.9 Å². The van der Waals surface area contributed by atoms with Crippen molar-refractivity contribution < 1.29 is 27.9 Å². The number of unbranched alkanes of at least 4 members (excludes halogenated alkanes) is 1. The number of ketones is 1. The van der Waals surface area contributed by atoms with Crippen LogP contribution >= 0.6 is 34.5 Å². The van der Waals surface area contributed by atoms with Gasteiger partial charge in [0.15, 0.2) is 5.78 Å². The number of nitrogens with one attached hydrogen (secondary N) is 1. The molecular formula is C23H18Cl2F3N5O3S. The summed E-state index contributed by atoms with van der Waals surface area (Å²) < 4.78 is 39.1. The average Bonchev–Trinajstić information content (AvgIpc) is 3.34. The standard InChI is InChI=1S/C23H18Cl2F3N5O3S/c1-12(7-16(35)20-19(25)15(31-11-32-20)5-3-2-4-6-34)22-30-10-17(37-22)21(36)33-18-8-13(23(26,27)28)14(24)9-29-18/h8-12,34H,2,4,6-7H2,1H3,(H,29,33,36). The summed E-state index contributed by atoms with van der Waals surface area (Å²) in [7, 11) is 0. The van der Waals surface area contributed by atoms with Gasteiger partial charge in [0.25, 0.3) is 5.91 Å². The lowest BCUT2D eigenvalue weighted by molar-refractivity contribution is -0.137. The van der Waals surface area contributed by atoms with Crippen LogP contribution in [0, 0.1) is 11.8 Å². The molecule has 0 bridgehead atoms. The number of pyridine rings is 1. The highest BCUT2D eigenvalue weighted by Gasteiger charge is 2.34. The van der Waals surface area contributed by atoms with Crippen molar-refractivity contribution in [1.29, 1.82) is 0 Å². The molecule has 0 saturated carbocycles. The van der Waals surface area contributed by atoms with E-state index in [-0.39, 0.29) is 45.9 Å². The average molecular weight is 572 g/mol. The molecule has 0 fully saturated rings. The van der Waals surface area contributed by atoms with Crippen LogP contribution in [0.2, 0.25) is 10.0 Å². The van der Waals surface area contributed by atoms with Gasteiger partial charge in [0.05, 0.1) is 21.8 Å². The van der Waals surface area contributed by atoms with E-state index in [1.54, 1.807) is 6.92 Å². The normalized spacial score (nSPS) is 12.0. The van der Waals surface area contributed by atoms with Gasteiger partial charge in [0, 0.05) is 31.6 Å². The van der Waals surface area contributed by atoms with E-state index in [4.69, 9.17) is 28.3 Å². The van der Waals surface area contributed by atoms with Crippen molar-refractivity contribution in [2.75, 3.05) is 11.9 Å². The molecule has 0 spiro atoms. The number of aliphatic hydroxyl groups is 1. The van der Waals surface area contributed by atoms with Crippen molar-refractivity contribution in [2.24, 2.45) is 0 Å². The van der Waals surface area contributed by atoms with Gasteiger partial charge in [-0.1, -0.05) is 36.0 Å². The molecule has 0 aliphatic rings. The van der Waals surface area contributed by atoms with Gasteiger partial charge in [-0.25, -0.2) is 19.9 Å². The van der Waals surface area contributed by atoms with Crippen LogP contribution in [-0.2, 0) is 6.18 Å². The van der Waals surface area contributed by atoms with Crippen LogP contribution in [0.15, 0.2) is 24.8 Å². The Labute approximate surface area is 223 Å². The smallest absolute Gasteiger partial charge is 0.396 e. The zero-order valence-corrected chi connectivity index (χ0v) is 21.4. The number of Topliss-reactive ketones (excluding diaryl/α,β-unsaturated/α-hetero) is 1. The Morgan fingerprint density at radius 1 is 1.19 bits per heavy atom. The van der Waals surface area contributed by atoms with Crippen molar-refractivity contribution >= 4 is 52.0 Å². The summed E-state index contributed by atoms with van der Waals surface area (Å²) >= 11 is 12.8. The first kappa shape index (κ1) is 28.5. The SMILES string of the molecule is CC(CC(=O)c1ncnc(C#CCCCO)c1Cl)c1ncc(C(=O)Nc2cc(C(F)(F)F)c(Cl)cn2)s1. The zero-order chi connectivity index (χ0) is 27.2. The first-order valence-corrected chi connectivity index (χ1v) is 12.2. The minimum absolute atomic E-state index is 0.00113. The summed E-state index contributed by atoms with van der Waals surface area (Å²) in [4.78, 5) is 41.3. The van der Waals surface area contributed by atoms with E-state index >= 15 is 0 Å². The van der Waals surface area contributed by atoms with E-state index in [9.17, 15) is 22.8 Å². The second-order valence-corrected chi connectivity index (χ2v) is 9.45. The van der Waals surface area contributed by atoms with Crippen LogP contribution < -0.4 is 5.32 Å². The maximum Gasteiger partial charge on any atom is 0.418 e. The molecule has 14 heteroatoms. The Kier molecular flexibility index (Phi) is 9.56. The Balaban J connectivity index is 1.68. The molecule has 1 atom stereocenters. The van der Waals surface area contributed by atoms with Crippen molar-refractivity contribution in [3.63, 3.8) is 0 Å². The number of aromatic nitrogens is 4. The highest BCUT2D eigenvalue weighted by molar-refractivity contribution is 7.13. The van der Waals surface area contributed by atoms with Crippen molar-refractivity contribution in [3.05, 3.63) is 61.7 Å². The highest BCUT2D eigenvalue weighted by atomic mass is 35.5. The molecular weight excluding hydrogens is 554 g/mol. The predicted octanol–water partition coefficient (Wildman–Crippen LogP) is 5.41. The monoisotopic (exact) mass is 571 g/mol. The van der Waals surface area contributed by atoms with Crippen LogP contribution in [0.3, 0.4) is 0 Å². The summed E-state index contributed by atoms with van der Waals surface area (Å²) in [5.74, 6) is 3.72. The van der Waals surface area contributed by atoms with Gasteiger partial charge in [0.2, 0.25) is 0 Å². The molecule has 2 N–H and O–H groups in total. The molecule has 194 valence electrons. The molecule has 3 heterocycles. The largest absolute Gasteiger partial charge is 0.418 e. The minimum Gasteiger partial charge on any atom is -0.396 e. The first-order chi connectivity index (χ1) is 17.5. The number of thiazole rings is 1. The van der Waals surface area contributed by atoms with E-state index in [1.165, 1.54) is 12.5 Å². The van der Waals surface area contributed by atoms with Crippen molar-refractivity contribution in [1.82, 2.24) is 19.9 Å². The zero-order valence-electron chi connectivity index (χ0n) is 19.1. The molecule has 0 aliphatic heterocycles. The molecule has 0 aromatic carbocycles. The number of nitrogens with zero attached hydrogens (tertiary/aromatic N) is 4. The van der Waals surface area contributed by atoms with E-state index < -0.39 is 28.6 Å². The number of aliphatic hydroxyl groups excluding tert-OH is 1. The number of amides is 1. The van der Waals surface area contributed by atoms with E-state index in [2.05, 4.69) is 37.1 Å². The van der Waals surface area contributed by atoms with Crippen molar-refractivity contribution in [3.8, 4) is 11.8 Å². The first-order valence-electron chi connectivity index (χ1n) is 10.6. The molecule has 1 unspecified atom stereocenters. The number of carbonyl (C=O) groups excluding carboxylic acids is 2. The third kappa shape index (κ3) is 7.45. The molecule has 3 rings (SSSR count). The fourth-order valence-electron chi connectivity index (χ4n) is 2.95. The fraction of sp³-hybridized carbons (Fsp3) is 0.304. The third-order valence-corrected chi connectivity index (χ3v) is 6.67. The summed E-state index contributed by atoms with van der Waals surface area (Å²) in [6.45, 7) is 1.73. The predicted molar refractivity (Wildman–Crippen MR) is 132 cm³/mol. The van der Waals surface area contributed by atoms with Gasteiger partial charge >= 0.3 is 6.18 Å². The maximum absolute atomic E-state index is 13.0. The number of hydrogen-bond donors (Lipinski definition) is 2. The van der Waals surface area contributed by atoms with Crippen LogP contribution in [-0.4, -0.2) is 43.3 Å². The molecule has 0 saturated heterocycles. The molecule has 3 aromatic rings. The molecule has 8 nitrogen and oxygen atoms in total. The van der Waals surface area contributed by atoms with E-state index in [0.717, 1.165) is 17.5 Å².